The molecule has 2 saturated heterocycles. The third-order valence-corrected chi connectivity index (χ3v) is 11.5. The minimum atomic E-state index is -0.574. The van der Waals surface area contributed by atoms with Crippen molar-refractivity contribution in [2.45, 2.75) is 115 Å². The summed E-state index contributed by atoms with van der Waals surface area (Å²) in [6.07, 6.45) is 12.3. The Hall–Kier alpha value is -6.00. The summed E-state index contributed by atoms with van der Waals surface area (Å²) in [7, 11) is 1.67. The molecule has 2 aliphatic carbocycles. The normalized spacial score (nSPS) is 24.3. The molecule has 2 fully saturated rings. The van der Waals surface area contributed by atoms with Crippen molar-refractivity contribution in [1.29, 1.82) is 5.41 Å². The van der Waals surface area contributed by atoms with E-state index in [1.165, 1.54) is 0 Å². The number of nitrogens with one attached hydrogen (secondary N) is 5. The van der Waals surface area contributed by atoms with Crippen molar-refractivity contribution >= 4 is 47.2 Å². The van der Waals surface area contributed by atoms with Crippen LogP contribution in [0.15, 0.2) is 64.9 Å². The van der Waals surface area contributed by atoms with Crippen LogP contribution in [-0.4, -0.2) is 98.3 Å². The van der Waals surface area contributed by atoms with E-state index in [1.807, 2.05) is 19.1 Å². The summed E-state index contributed by atoms with van der Waals surface area (Å²) in [5.74, 6) is -0.143. The van der Waals surface area contributed by atoms with Crippen LogP contribution in [0.4, 0.5) is 0 Å². The van der Waals surface area contributed by atoms with Gasteiger partial charge in [0.2, 0.25) is 23.6 Å². The fourth-order valence-electron chi connectivity index (χ4n) is 7.97. The van der Waals surface area contributed by atoms with Gasteiger partial charge < -0.3 is 46.9 Å². The fourth-order valence-corrected chi connectivity index (χ4v) is 7.97. The summed E-state index contributed by atoms with van der Waals surface area (Å²) in [6.45, 7) is 2.43. The number of rotatable bonds is 20. The third-order valence-electron chi connectivity index (χ3n) is 11.5. The van der Waals surface area contributed by atoms with Gasteiger partial charge in [0, 0.05) is 62.2 Å². The molecule has 9 N–H and O–H groups in total. The number of cyclic esters (lactones) is 2. The average molecular weight is 859 g/mol. The van der Waals surface area contributed by atoms with Gasteiger partial charge in [-0.05, 0) is 54.7 Å². The number of aliphatic imine (C=N–C) groups is 1. The van der Waals surface area contributed by atoms with Crippen molar-refractivity contribution in [1.82, 2.24) is 21.3 Å². The molecule has 4 amide bonds. The molecular weight excluding hydrogens is 797 g/mol. The molecule has 1 aromatic carbocycles. The van der Waals surface area contributed by atoms with Gasteiger partial charge >= 0.3 is 11.9 Å². The van der Waals surface area contributed by atoms with Gasteiger partial charge in [0.15, 0.2) is 0 Å². The number of carbonyl (C=O) groups is 6. The van der Waals surface area contributed by atoms with Crippen molar-refractivity contribution < 1.29 is 43.0 Å². The van der Waals surface area contributed by atoms with Gasteiger partial charge in [-0.1, -0.05) is 49.4 Å². The number of hydrogen-bond donors (Lipinski definition) is 7. The zero-order valence-corrected chi connectivity index (χ0v) is 35.8. The SMILES string of the molecule is COC1=CCC(CCC(=O)N[C@@H]2CC(=O)O[C@H](CNC(=O)Cc3ccc(C(N)=NCC(C)CC(=O)N[C@@H]4CC(=O)O[C@H](CNC(=O)CC5=CCC(C(=N)N)C=C5)C4)cc3)C2)CC1. The standard InChI is InChI=1S/C45H62N8O9/c1-27(17-41(57)53-34-21-37(62-43(59)23-34)26-50-39(55)18-29-3-10-31(11-4-29)44(46)47)24-51-45(48)32-12-5-30(6-13-32)19-40(56)49-25-36-20-33(22-42(58)61-36)52-38(54)16-9-28-7-14-35(60-2)15-8-28/h3-6,10,12-14,27-28,31,33-34,36-37H,7-9,11,15-26H2,1-2H3,(H3,46,47)(H2,48,51)(H,49,56)(H,50,55)(H,52,54)(H,53,57)/t27?,28?,31?,33-,34-,36-,37-/m0/s1. The van der Waals surface area contributed by atoms with Crippen LogP contribution in [0.5, 0.6) is 0 Å². The van der Waals surface area contributed by atoms with E-state index >= 15 is 0 Å². The number of carbonyl (C=O) groups excluding carboxylic acids is 6. The second-order valence-corrected chi connectivity index (χ2v) is 16.8. The van der Waals surface area contributed by atoms with Crippen molar-refractivity contribution in [3.8, 4) is 0 Å². The summed E-state index contributed by atoms with van der Waals surface area (Å²) in [5.41, 5.74) is 14.0. The van der Waals surface area contributed by atoms with E-state index in [4.69, 9.17) is 31.1 Å². The number of allylic oxidation sites excluding steroid dienone is 4. The number of nitrogens with zero attached hydrogens (tertiary/aromatic N) is 1. The Kier molecular flexibility index (Phi) is 17.7. The van der Waals surface area contributed by atoms with Crippen LogP contribution in [0.3, 0.4) is 0 Å². The third kappa shape index (κ3) is 15.8. The van der Waals surface area contributed by atoms with E-state index in [0.717, 1.165) is 42.6 Å². The second kappa shape index (κ2) is 23.3. The molecule has 1 aromatic rings. The molecule has 2 heterocycles. The zero-order valence-electron chi connectivity index (χ0n) is 35.8. The summed E-state index contributed by atoms with van der Waals surface area (Å²) in [6, 6.07) is 6.33. The first-order valence-corrected chi connectivity index (χ1v) is 21.6. The number of amidine groups is 2. The Morgan fingerprint density at radius 1 is 0.871 bits per heavy atom. The Morgan fingerprint density at radius 2 is 1.50 bits per heavy atom. The molecule has 0 spiro atoms. The maximum absolute atomic E-state index is 12.9. The average Bonchev–Trinajstić information content (AvgIpc) is 3.23. The van der Waals surface area contributed by atoms with Gasteiger partial charge in [-0.15, -0.1) is 0 Å². The highest BCUT2D eigenvalue weighted by molar-refractivity contribution is 5.97. The molecule has 336 valence electrons. The highest BCUT2D eigenvalue weighted by Gasteiger charge is 2.32. The minimum Gasteiger partial charge on any atom is -0.501 e. The number of hydrogen-bond acceptors (Lipinski definition) is 11. The van der Waals surface area contributed by atoms with Crippen molar-refractivity contribution in [3.05, 3.63) is 71.0 Å². The van der Waals surface area contributed by atoms with Gasteiger partial charge in [0.25, 0.3) is 0 Å². The summed E-state index contributed by atoms with van der Waals surface area (Å²) in [5, 5.41) is 19.1. The van der Waals surface area contributed by atoms with Gasteiger partial charge in [-0.25, -0.2) is 0 Å². The molecule has 0 radical (unpaired) electrons. The Labute approximate surface area is 362 Å². The van der Waals surface area contributed by atoms with E-state index in [0.29, 0.717) is 37.2 Å². The lowest BCUT2D eigenvalue weighted by molar-refractivity contribution is -0.156. The van der Waals surface area contributed by atoms with Crippen LogP contribution in [0.1, 0.15) is 95.1 Å². The molecule has 17 heteroatoms. The molecular formula is C45H62N8O9. The maximum Gasteiger partial charge on any atom is 0.308 e. The molecule has 5 rings (SSSR count). The van der Waals surface area contributed by atoms with Gasteiger partial charge in [-0.3, -0.25) is 39.2 Å². The van der Waals surface area contributed by atoms with E-state index in [1.54, 1.807) is 37.5 Å². The molecule has 7 atom stereocenters. The largest absolute Gasteiger partial charge is 0.501 e. The van der Waals surface area contributed by atoms with Crippen molar-refractivity contribution in [2.75, 3.05) is 26.7 Å². The molecule has 17 nitrogen and oxygen atoms in total. The molecule has 0 aromatic heterocycles. The second-order valence-electron chi connectivity index (χ2n) is 16.8. The van der Waals surface area contributed by atoms with E-state index in [9.17, 15) is 28.8 Å². The zero-order chi connectivity index (χ0) is 44.6. The van der Waals surface area contributed by atoms with E-state index in [2.05, 4.69) is 32.3 Å². The van der Waals surface area contributed by atoms with Crippen molar-refractivity contribution in [2.24, 2.45) is 34.2 Å². The van der Waals surface area contributed by atoms with Crippen LogP contribution in [0.2, 0.25) is 0 Å². The molecule has 4 aliphatic rings. The molecule has 62 heavy (non-hydrogen) atoms. The van der Waals surface area contributed by atoms with Gasteiger partial charge in [-0.2, -0.15) is 0 Å². The maximum atomic E-state index is 12.9. The summed E-state index contributed by atoms with van der Waals surface area (Å²) in [4.78, 5) is 79.9. The Bertz CT molecular complexity index is 1930. The van der Waals surface area contributed by atoms with Gasteiger partial charge in [0.05, 0.1) is 57.5 Å². The van der Waals surface area contributed by atoms with Crippen LogP contribution in [0.25, 0.3) is 0 Å². The predicted molar refractivity (Wildman–Crippen MR) is 231 cm³/mol. The van der Waals surface area contributed by atoms with Crippen LogP contribution in [0, 0.1) is 23.2 Å². The number of methoxy groups -OCH3 is 1. The lowest BCUT2D eigenvalue weighted by Gasteiger charge is -2.30. The lowest BCUT2D eigenvalue weighted by Crippen LogP contribution is -2.47. The predicted octanol–water partition coefficient (Wildman–Crippen LogP) is 2.51. The monoisotopic (exact) mass is 858 g/mol. The van der Waals surface area contributed by atoms with E-state index in [-0.39, 0.29) is 105 Å². The number of esters is 2. The number of nitrogens with two attached hydrogens (primary N) is 2. The summed E-state index contributed by atoms with van der Waals surface area (Å²) >= 11 is 0. The van der Waals surface area contributed by atoms with Crippen LogP contribution >= 0.6 is 0 Å². The van der Waals surface area contributed by atoms with E-state index < -0.39 is 30.2 Å². The smallest absolute Gasteiger partial charge is 0.308 e. The number of benzene rings is 1. The van der Waals surface area contributed by atoms with Crippen LogP contribution in [-0.2, 0) is 49.4 Å². The highest BCUT2D eigenvalue weighted by atomic mass is 16.5. The Balaban J connectivity index is 0.963. The molecule has 0 saturated carbocycles. The topological polar surface area (TPSA) is 266 Å². The lowest BCUT2D eigenvalue weighted by atomic mass is 9.89. The number of amides is 4. The van der Waals surface area contributed by atoms with Gasteiger partial charge in [0.1, 0.15) is 18.0 Å². The minimum absolute atomic E-state index is 0.0377. The number of ether oxygens (including phenoxy) is 3. The molecule has 0 bridgehead atoms. The fraction of sp³-hybridized carbons (Fsp3) is 0.556. The van der Waals surface area contributed by atoms with Crippen molar-refractivity contribution in [3.63, 3.8) is 0 Å². The highest BCUT2D eigenvalue weighted by Crippen LogP contribution is 2.27. The molecule has 2 aliphatic heterocycles. The van der Waals surface area contributed by atoms with Crippen LogP contribution < -0.4 is 32.7 Å². The summed E-state index contributed by atoms with van der Waals surface area (Å²) < 4.78 is 16.2. The first-order chi connectivity index (χ1) is 29.7. The first-order valence-electron chi connectivity index (χ1n) is 21.6. The quantitative estimate of drug-likeness (QED) is 0.0569. The Morgan fingerprint density at radius 3 is 2.06 bits per heavy atom. The first kappa shape index (κ1) is 47.1. The molecule has 3 unspecified atom stereocenters.